The highest BCUT2D eigenvalue weighted by Gasteiger charge is 2.24. The highest BCUT2D eigenvalue weighted by molar-refractivity contribution is 5.78. The van der Waals surface area contributed by atoms with Crippen LogP contribution in [0.1, 0.15) is 19.3 Å². The number of nitrogens with one attached hydrogen (secondary N) is 2. The maximum atomic E-state index is 11.5. The molecule has 0 bridgehead atoms. The lowest BCUT2D eigenvalue weighted by molar-refractivity contribution is -0.122. The van der Waals surface area contributed by atoms with Gasteiger partial charge in [-0.25, -0.2) is 0 Å². The molecule has 15 heavy (non-hydrogen) atoms. The molecule has 0 aromatic carbocycles. The molecule has 2 rings (SSSR count). The van der Waals surface area contributed by atoms with E-state index >= 15 is 0 Å². The Balaban J connectivity index is 1.61. The average molecular weight is 211 g/mol. The van der Waals surface area contributed by atoms with E-state index in [9.17, 15) is 4.79 Å². The summed E-state index contributed by atoms with van der Waals surface area (Å²) in [4.78, 5) is 13.6. The van der Waals surface area contributed by atoms with E-state index in [-0.39, 0.29) is 5.91 Å². The Kier molecular flexibility index (Phi) is 3.59. The highest BCUT2D eigenvalue weighted by Crippen LogP contribution is 2.18. The van der Waals surface area contributed by atoms with Gasteiger partial charge in [0.1, 0.15) is 0 Å². The molecule has 1 unspecified atom stereocenters. The van der Waals surface area contributed by atoms with E-state index in [4.69, 9.17) is 0 Å². The predicted octanol–water partition coefficient (Wildman–Crippen LogP) is -0.194. The van der Waals surface area contributed by atoms with Gasteiger partial charge in [-0.2, -0.15) is 0 Å². The minimum absolute atomic E-state index is 0.186. The van der Waals surface area contributed by atoms with Crippen LogP contribution in [0.4, 0.5) is 0 Å². The monoisotopic (exact) mass is 211 g/mol. The fourth-order valence-corrected chi connectivity index (χ4v) is 2.12. The SMILES string of the molecule is CN(CC(=O)NC1CC1)CC1CCNC1. The zero-order valence-electron chi connectivity index (χ0n) is 9.46. The van der Waals surface area contributed by atoms with Gasteiger partial charge >= 0.3 is 0 Å². The Labute approximate surface area is 91.4 Å². The van der Waals surface area contributed by atoms with Gasteiger partial charge < -0.3 is 10.6 Å². The third kappa shape index (κ3) is 3.80. The summed E-state index contributed by atoms with van der Waals surface area (Å²) >= 11 is 0. The number of carbonyl (C=O) groups excluding carboxylic acids is 1. The van der Waals surface area contributed by atoms with Gasteiger partial charge in [-0.3, -0.25) is 9.69 Å². The number of amides is 1. The molecule has 1 aliphatic carbocycles. The summed E-state index contributed by atoms with van der Waals surface area (Å²) < 4.78 is 0. The van der Waals surface area contributed by atoms with E-state index in [2.05, 4.69) is 15.5 Å². The molecule has 86 valence electrons. The van der Waals surface area contributed by atoms with Gasteiger partial charge in [0.2, 0.25) is 5.91 Å². The van der Waals surface area contributed by atoms with Crippen molar-refractivity contribution in [3.8, 4) is 0 Å². The molecule has 0 aromatic heterocycles. The number of carbonyl (C=O) groups is 1. The van der Waals surface area contributed by atoms with Crippen molar-refractivity contribution in [2.75, 3.05) is 33.2 Å². The maximum Gasteiger partial charge on any atom is 0.234 e. The van der Waals surface area contributed by atoms with E-state index in [1.807, 2.05) is 7.05 Å². The molecular formula is C11H21N3O. The normalized spacial score (nSPS) is 25.9. The Hall–Kier alpha value is -0.610. The van der Waals surface area contributed by atoms with Crippen LogP contribution in [-0.2, 0) is 4.79 Å². The van der Waals surface area contributed by atoms with E-state index in [1.54, 1.807) is 0 Å². The van der Waals surface area contributed by atoms with Crippen LogP contribution in [0.3, 0.4) is 0 Å². The summed E-state index contributed by atoms with van der Waals surface area (Å²) in [5.74, 6) is 0.912. The molecule has 1 heterocycles. The van der Waals surface area contributed by atoms with Crippen LogP contribution < -0.4 is 10.6 Å². The molecule has 1 atom stereocenters. The van der Waals surface area contributed by atoms with Crippen LogP contribution in [0.15, 0.2) is 0 Å². The molecule has 0 radical (unpaired) electrons. The first-order chi connectivity index (χ1) is 7.24. The number of rotatable bonds is 5. The summed E-state index contributed by atoms with van der Waals surface area (Å²) in [6.07, 6.45) is 3.58. The standard InChI is InChI=1S/C11H21N3O/c1-14(7-9-4-5-12-6-9)8-11(15)13-10-2-3-10/h9-10,12H,2-8H2,1H3,(H,13,15). The molecule has 1 aliphatic heterocycles. The zero-order chi connectivity index (χ0) is 10.7. The van der Waals surface area contributed by atoms with Crippen molar-refractivity contribution < 1.29 is 4.79 Å². The van der Waals surface area contributed by atoms with E-state index < -0.39 is 0 Å². The Morgan fingerprint density at radius 2 is 2.27 bits per heavy atom. The average Bonchev–Trinajstić information content (AvgIpc) is 2.80. The molecule has 1 amide bonds. The molecule has 4 nitrogen and oxygen atoms in total. The second-order valence-electron chi connectivity index (χ2n) is 4.90. The minimum Gasteiger partial charge on any atom is -0.352 e. The molecule has 1 saturated carbocycles. The second kappa shape index (κ2) is 4.94. The van der Waals surface area contributed by atoms with Gasteiger partial charge in [0.25, 0.3) is 0 Å². The van der Waals surface area contributed by atoms with Gasteiger partial charge in [-0.15, -0.1) is 0 Å². The molecule has 1 saturated heterocycles. The van der Waals surface area contributed by atoms with Crippen molar-refractivity contribution in [1.29, 1.82) is 0 Å². The summed E-state index contributed by atoms with van der Waals surface area (Å²) in [6.45, 7) is 3.82. The number of hydrogen-bond acceptors (Lipinski definition) is 3. The third-order valence-electron chi connectivity index (χ3n) is 3.09. The Bertz CT molecular complexity index is 222. The van der Waals surface area contributed by atoms with E-state index in [0.717, 1.165) is 25.6 Å². The van der Waals surface area contributed by atoms with E-state index in [0.29, 0.717) is 12.6 Å². The van der Waals surface area contributed by atoms with Crippen molar-refractivity contribution in [2.45, 2.75) is 25.3 Å². The maximum absolute atomic E-state index is 11.5. The van der Waals surface area contributed by atoms with Crippen molar-refractivity contribution >= 4 is 5.91 Å². The van der Waals surface area contributed by atoms with Crippen LogP contribution >= 0.6 is 0 Å². The lowest BCUT2D eigenvalue weighted by Gasteiger charge is -2.19. The first-order valence-corrected chi connectivity index (χ1v) is 5.92. The van der Waals surface area contributed by atoms with Crippen LogP contribution in [0.25, 0.3) is 0 Å². The molecular weight excluding hydrogens is 190 g/mol. The van der Waals surface area contributed by atoms with E-state index in [1.165, 1.54) is 19.3 Å². The molecule has 2 fully saturated rings. The summed E-state index contributed by atoms with van der Waals surface area (Å²) in [5, 5.41) is 6.36. The topological polar surface area (TPSA) is 44.4 Å². The highest BCUT2D eigenvalue weighted by atomic mass is 16.2. The van der Waals surface area contributed by atoms with Crippen LogP contribution in [0.5, 0.6) is 0 Å². The zero-order valence-corrected chi connectivity index (χ0v) is 9.46. The van der Waals surface area contributed by atoms with Crippen molar-refractivity contribution in [2.24, 2.45) is 5.92 Å². The molecule has 2 aliphatic rings. The largest absolute Gasteiger partial charge is 0.352 e. The van der Waals surface area contributed by atoms with Crippen LogP contribution in [-0.4, -0.2) is 50.1 Å². The summed E-state index contributed by atoms with van der Waals surface area (Å²) in [6, 6.07) is 0.485. The summed E-state index contributed by atoms with van der Waals surface area (Å²) in [5.41, 5.74) is 0. The predicted molar refractivity (Wildman–Crippen MR) is 59.6 cm³/mol. The van der Waals surface area contributed by atoms with Gasteiger partial charge in [0.05, 0.1) is 6.54 Å². The van der Waals surface area contributed by atoms with Gasteiger partial charge in [-0.1, -0.05) is 0 Å². The number of likely N-dealkylation sites (N-methyl/N-ethyl adjacent to an activating group) is 1. The first kappa shape index (κ1) is 10.9. The lowest BCUT2D eigenvalue weighted by atomic mass is 10.1. The fourth-order valence-electron chi connectivity index (χ4n) is 2.12. The number of hydrogen-bond donors (Lipinski definition) is 2. The third-order valence-corrected chi connectivity index (χ3v) is 3.09. The molecule has 0 aromatic rings. The minimum atomic E-state index is 0.186. The van der Waals surface area contributed by atoms with Gasteiger partial charge in [-0.05, 0) is 45.3 Å². The van der Waals surface area contributed by atoms with Crippen LogP contribution in [0.2, 0.25) is 0 Å². The Morgan fingerprint density at radius 3 is 2.87 bits per heavy atom. The van der Waals surface area contributed by atoms with Gasteiger partial charge in [0.15, 0.2) is 0 Å². The Morgan fingerprint density at radius 1 is 1.47 bits per heavy atom. The van der Waals surface area contributed by atoms with Crippen molar-refractivity contribution in [1.82, 2.24) is 15.5 Å². The van der Waals surface area contributed by atoms with Crippen LogP contribution in [0, 0.1) is 5.92 Å². The molecule has 4 heteroatoms. The summed E-state index contributed by atoms with van der Waals surface area (Å²) in [7, 11) is 2.03. The molecule has 0 spiro atoms. The number of nitrogens with zero attached hydrogens (tertiary/aromatic N) is 1. The molecule has 2 N–H and O–H groups in total. The van der Waals surface area contributed by atoms with Gasteiger partial charge in [0, 0.05) is 12.6 Å². The lowest BCUT2D eigenvalue weighted by Crippen LogP contribution is -2.38. The first-order valence-electron chi connectivity index (χ1n) is 5.92. The fraction of sp³-hybridized carbons (Fsp3) is 0.909. The van der Waals surface area contributed by atoms with Crippen molar-refractivity contribution in [3.05, 3.63) is 0 Å². The van der Waals surface area contributed by atoms with Crippen molar-refractivity contribution in [3.63, 3.8) is 0 Å². The quantitative estimate of drug-likeness (QED) is 0.662. The second-order valence-corrected chi connectivity index (χ2v) is 4.90. The smallest absolute Gasteiger partial charge is 0.234 e.